The zero-order valence-corrected chi connectivity index (χ0v) is 18.0. The molecule has 0 aromatic heterocycles. The van der Waals surface area contributed by atoms with Crippen LogP contribution in [0.4, 0.5) is 4.39 Å². The van der Waals surface area contributed by atoms with Crippen molar-refractivity contribution in [3.8, 4) is 0 Å². The van der Waals surface area contributed by atoms with Crippen molar-refractivity contribution in [3.63, 3.8) is 0 Å². The van der Waals surface area contributed by atoms with Crippen LogP contribution in [0.1, 0.15) is 56.8 Å². The number of thioether (sulfide) groups is 1. The molecule has 0 amide bonds. The summed E-state index contributed by atoms with van der Waals surface area (Å²) < 4.78 is 32.1. The van der Waals surface area contributed by atoms with Crippen LogP contribution >= 0.6 is 11.8 Å². The van der Waals surface area contributed by atoms with Crippen molar-refractivity contribution >= 4 is 22.6 Å². The summed E-state index contributed by atoms with van der Waals surface area (Å²) in [7, 11) is -1.19. The number of halogens is 1. The van der Waals surface area contributed by atoms with Crippen LogP contribution in [0.3, 0.4) is 0 Å². The first-order valence-corrected chi connectivity index (χ1v) is 11.7. The molecule has 1 fully saturated rings. The predicted octanol–water partition coefficient (Wildman–Crippen LogP) is 6.09. The molecule has 0 saturated carbocycles. The van der Waals surface area contributed by atoms with Crippen LogP contribution in [-0.4, -0.2) is 21.8 Å². The van der Waals surface area contributed by atoms with E-state index in [2.05, 4.69) is 45.0 Å². The molecule has 3 unspecified atom stereocenters. The molecule has 2 aromatic carbocycles. The quantitative estimate of drug-likeness (QED) is 0.601. The van der Waals surface area contributed by atoms with Gasteiger partial charge in [-0.2, -0.15) is 0 Å². The third kappa shape index (κ3) is 5.01. The van der Waals surface area contributed by atoms with Gasteiger partial charge in [0, 0.05) is 43.8 Å². The van der Waals surface area contributed by atoms with E-state index in [1.54, 1.807) is 18.4 Å². The minimum atomic E-state index is -1.19. The number of hydrogen-bond donors (Lipinski definition) is 0. The molecule has 2 nitrogen and oxygen atoms in total. The van der Waals surface area contributed by atoms with Crippen molar-refractivity contribution in [3.05, 3.63) is 59.4 Å². The highest BCUT2D eigenvalue weighted by atomic mass is 32.2. The van der Waals surface area contributed by atoms with E-state index in [0.29, 0.717) is 23.0 Å². The molecule has 0 N–H and O–H groups in total. The molecule has 2 aromatic rings. The molecule has 0 aliphatic carbocycles. The van der Waals surface area contributed by atoms with E-state index in [0.717, 1.165) is 12.8 Å². The summed E-state index contributed by atoms with van der Waals surface area (Å²) in [5, 5.41) is 0. The summed E-state index contributed by atoms with van der Waals surface area (Å²) in [6.45, 7) is 7.25. The van der Waals surface area contributed by atoms with Gasteiger partial charge in [-0.25, -0.2) is 4.39 Å². The maximum atomic E-state index is 14.6. The van der Waals surface area contributed by atoms with Crippen LogP contribution in [0, 0.1) is 5.82 Å². The largest absolute Gasteiger partial charge is 0.373 e. The van der Waals surface area contributed by atoms with Gasteiger partial charge in [0.2, 0.25) is 0 Å². The van der Waals surface area contributed by atoms with E-state index in [1.807, 2.05) is 11.8 Å². The zero-order valence-electron chi connectivity index (χ0n) is 16.3. The SMILES string of the molecule is CC(C)c1cccc(SC2(C)CCOC(c3ccc(S(C)=O)cc3F)C2)c1. The highest BCUT2D eigenvalue weighted by Gasteiger charge is 2.35. The molecule has 0 bridgehead atoms. The lowest BCUT2D eigenvalue weighted by molar-refractivity contribution is 0.000214. The lowest BCUT2D eigenvalue weighted by Gasteiger charge is -2.38. The summed E-state index contributed by atoms with van der Waals surface area (Å²) in [5.74, 6) is 0.168. The number of hydrogen-bond acceptors (Lipinski definition) is 3. The second kappa shape index (κ2) is 8.46. The topological polar surface area (TPSA) is 26.3 Å². The van der Waals surface area contributed by atoms with Gasteiger partial charge in [0.1, 0.15) is 5.82 Å². The maximum Gasteiger partial charge on any atom is 0.130 e. The second-order valence-electron chi connectivity index (χ2n) is 7.73. The Kier molecular flexibility index (Phi) is 6.44. The molecule has 3 rings (SSSR count). The molecule has 0 radical (unpaired) electrons. The summed E-state index contributed by atoms with van der Waals surface area (Å²) in [5.41, 5.74) is 1.90. The Morgan fingerprint density at radius 3 is 2.70 bits per heavy atom. The van der Waals surface area contributed by atoms with Gasteiger partial charge in [0.05, 0.1) is 6.10 Å². The summed E-state index contributed by atoms with van der Waals surface area (Å²) in [6, 6.07) is 13.5. The lowest BCUT2D eigenvalue weighted by Crippen LogP contribution is -2.32. The number of ether oxygens (including phenoxy) is 1. The lowest BCUT2D eigenvalue weighted by atomic mass is 9.92. The standard InChI is InChI=1S/C22H27FO2S2/c1-15(2)16-6-5-7-17(12-16)26-22(3)10-11-25-21(14-22)19-9-8-18(27(4)24)13-20(19)23/h5-9,12-13,15,21H,10-11,14H2,1-4H3. The molecular weight excluding hydrogens is 379 g/mol. The van der Waals surface area contributed by atoms with Crippen molar-refractivity contribution in [1.29, 1.82) is 0 Å². The first-order chi connectivity index (χ1) is 12.8. The summed E-state index contributed by atoms with van der Waals surface area (Å²) in [4.78, 5) is 1.76. The Morgan fingerprint density at radius 2 is 2.04 bits per heavy atom. The van der Waals surface area contributed by atoms with Gasteiger partial charge < -0.3 is 4.74 Å². The Bertz CT molecular complexity index is 837. The number of benzene rings is 2. The molecular formula is C22H27FO2S2. The third-order valence-electron chi connectivity index (χ3n) is 5.11. The van der Waals surface area contributed by atoms with Gasteiger partial charge in [0.15, 0.2) is 0 Å². The van der Waals surface area contributed by atoms with E-state index < -0.39 is 10.8 Å². The molecule has 0 spiro atoms. The third-order valence-corrected chi connectivity index (χ3v) is 7.38. The van der Waals surface area contributed by atoms with Gasteiger partial charge in [-0.15, -0.1) is 11.8 Å². The van der Waals surface area contributed by atoms with Crippen molar-refractivity contribution < 1.29 is 13.3 Å². The second-order valence-corrected chi connectivity index (χ2v) is 10.8. The van der Waals surface area contributed by atoms with Crippen LogP contribution in [-0.2, 0) is 15.5 Å². The summed E-state index contributed by atoms with van der Waals surface area (Å²) >= 11 is 1.86. The number of rotatable bonds is 5. The highest BCUT2D eigenvalue weighted by molar-refractivity contribution is 8.00. The summed E-state index contributed by atoms with van der Waals surface area (Å²) in [6.07, 6.45) is 2.96. The fourth-order valence-corrected chi connectivity index (χ4v) is 5.29. The van der Waals surface area contributed by atoms with Crippen LogP contribution in [0.5, 0.6) is 0 Å². The highest BCUT2D eigenvalue weighted by Crippen LogP contribution is 2.46. The zero-order chi connectivity index (χ0) is 19.6. The van der Waals surface area contributed by atoms with E-state index in [4.69, 9.17) is 4.74 Å². The van der Waals surface area contributed by atoms with Crippen molar-refractivity contribution in [2.45, 2.75) is 60.2 Å². The average Bonchev–Trinajstić information content (AvgIpc) is 2.61. The van der Waals surface area contributed by atoms with E-state index >= 15 is 0 Å². The molecule has 1 saturated heterocycles. The molecule has 27 heavy (non-hydrogen) atoms. The van der Waals surface area contributed by atoms with Crippen molar-refractivity contribution in [1.82, 2.24) is 0 Å². The predicted molar refractivity (Wildman–Crippen MR) is 111 cm³/mol. The first-order valence-electron chi connectivity index (χ1n) is 9.31. The molecule has 1 aliphatic rings. The van der Waals surface area contributed by atoms with Crippen LogP contribution in [0.25, 0.3) is 0 Å². The van der Waals surface area contributed by atoms with E-state index in [9.17, 15) is 8.60 Å². The Morgan fingerprint density at radius 1 is 1.26 bits per heavy atom. The van der Waals surface area contributed by atoms with Crippen molar-refractivity contribution in [2.24, 2.45) is 0 Å². The maximum absolute atomic E-state index is 14.6. The van der Waals surface area contributed by atoms with Gasteiger partial charge in [-0.3, -0.25) is 4.21 Å². The molecule has 146 valence electrons. The average molecular weight is 407 g/mol. The smallest absolute Gasteiger partial charge is 0.130 e. The Balaban J connectivity index is 1.79. The van der Waals surface area contributed by atoms with Crippen LogP contribution < -0.4 is 0 Å². The fourth-order valence-electron chi connectivity index (χ4n) is 3.43. The molecule has 5 heteroatoms. The van der Waals surface area contributed by atoms with Crippen molar-refractivity contribution in [2.75, 3.05) is 12.9 Å². The van der Waals surface area contributed by atoms with Gasteiger partial charge in [-0.05, 0) is 55.5 Å². The van der Waals surface area contributed by atoms with E-state index in [-0.39, 0.29) is 16.7 Å². The Labute approximate surface area is 168 Å². The fraction of sp³-hybridized carbons (Fsp3) is 0.455. The van der Waals surface area contributed by atoms with Crippen LogP contribution in [0.15, 0.2) is 52.3 Å². The normalized spacial score (nSPS) is 24.1. The van der Waals surface area contributed by atoms with Crippen LogP contribution in [0.2, 0.25) is 0 Å². The molecule has 1 aliphatic heterocycles. The molecule has 1 heterocycles. The van der Waals surface area contributed by atoms with Gasteiger partial charge >= 0.3 is 0 Å². The minimum absolute atomic E-state index is 0.0167. The first kappa shape index (κ1) is 20.6. The van der Waals surface area contributed by atoms with Gasteiger partial charge in [-0.1, -0.05) is 32.0 Å². The Hall–Kier alpha value is -1.17. The monoisotopic (exact) mass is 406 g/mol. The van der Waals surface area contributed by atoms with Gasteiger partial charge in [0.25, 0.3) is 0 Å². The van der Waals surface area contributed by atoms with E-state index in [1.165, 1.54) is 16.5 Å². The molecule has 3 atom stereocenters. The minimum Gasteiger partial charge on any atom is -0.373 e.